The van der Waals surface area contributed by atoms with Gasteiger partial charge in [-0.1, -0.05) is 12.1 Å². The highest BCUT2D eigenvalue weighted by atomic mass is 16.5. The normalized spacial score (nSPS) is 16.6. The Kier molecular flexibility index (Phi) is 2.84. The Morgan fingerprint density at radius 2 is 2.17 bits per heavy atom. The lowest BCUT2D eigenvalue weighted by atomic mass is 10.0. The average molecular weight is 244 g/mol. The minimum atomic E-state index is -0.661. The van der Waals surface area contributed by atoms with Gasteiger partial charge in [-0.05, 0) is 43.5 Å². The van der Waals surface area contributed by atoms with Crippen LogP contribution in [0.25, 0.3) is 0 Å². The summed E-state index contributed by atoms with van der Waals surface area (Å²) in [5.74, 6) is 1.58. The topological polar surface area (TPSA) is 42.6 Å². The minimum absolute atomic E-state index is 0.369. The SMILES string of the molecule is Cc1occc1C(O)c1cccc(OC2CC2)c1. The van der Waals surface area contributed by atoms with Crippen LogP contribution in [0.15, 0.2) is 41.0 Å². The van der Waals surface area contributed by atoms with Crippen molar-refractivity contribution in [2.75, 3.05) is 0 Å². The van der Waals surface area contributed by atoms with Gasteiger partial charge in [0.2, 0.25) is 0 Å². The molecule has 0 bridgehead atoms. The smallest absolute Gasteiger partial charge is 0.120 e. The van der Waals surface area contributed by atoms with Gasteiger partial charge in [-0.15, -0.1) is 0 Å². The van der Waals surface area contributed by atoms with Crippen LogP contribution >= 0.6 is 0 Å². The summed E-state index contributed by atoms with van der Waals surface area (Å²) in [6.07, 6.45) is 3.57. The predicted molar refractivity (Wildman–Crippen MR) is 67.6 cm³/mol. The zero-order chi connectivity index (χ0) is 12.5. The molecule has 0 spiro atoms. The van der Waals surface area contributed by atoms with Crippen LogP contribution in [0.2, 0.25) is 0 Å². The zero-order valence-electron chi connectivity index (χ0n) is 10.3. The molecule has 1 unspecified atom stereocenters. The fraction of sp³-hybridized carbons (Fsp3) is 0.333. The molecule has 1 aliphatic carbocycles. The summed E-state index contributed by atoms with van der Waals surface area (Å²) >= 11 is 0. The van der Waals surface area contributed by atoms with Crippen molar-refractivity contribution in [2.24, 2.45) is 0 Å². The van der Waals surface area contributed by atoms with Gasteiger partial charge in [0.25, 0.3) is 0 Å². The Bertz CT molecular complexity index is 540. The first-order valence-corrected chi connectivity index (χ1v) is 6.23. The molecule has 18 heavy (non-hydrogen) atoms. The van der Waals surface area contributed by atoms with Crippen LogP contribution in [0.4, 0.5) is 0 Å². The number of hydrogen-bond donors (Lipinski definition) is 1. The van der Waals surface area contributed by atoms with Gasteiger partial charge in [0, 0.05) is 5.56 Å². The van der Waals surface area contributed by atoms with E-state index in [-0.39, 0.29) is 0 Å². The summed E-state index contributed by atoms with van der Waals surface area (Å²) in [6, 6.07) is 9.43. The lowest BCUT2D eigenvalue weighted by Gasteiger charge is -2.12. The largest absolute Gasteiger partial charge is 0.490 e. The van der Waals surface area contributed by atoms with Gasteiger partial charge in [-0.2, -0.15) is 0 Å². The molecule has 0 radical (unpaired) electrons. The van der Waals surface area contributed by atoms with Gasteiger partial charge >= 0.3 is 0 Å². The van der Waals surface area contributed by atoms with Gasteiger partial charge in [-0.25, -0.2) is 0 Å². The van der Waals surface area contributed by atoms with E-state index in [1.807, 2.05) is 31.2 Å². The monoisotopic (exact) mass is 244 g/mol. The second-order valence-corrected chi connectivity index (χ2v) is 4.72. The fourth-order valence-electron chi connectivity index (χ4n) is 1.99. The quantitative estimate of drug-likeness (QED) is 0.898. The summed E-state index contributed by atoms with van der Waals surface area (Å²) in [5, 5.41) is 10.3. The average Bonchev–Trinajstić information content (AvgIpc) is 3.08. The van der Waals surface area contributed by atoms with Gasteiger partial charge in [0.1, 0.15) is 17.6 Å². The van der Waals surface area contributed by atoms with Gasteiger partial charge < -0.3 is 14.3 Å². The van der Waals surface area contributed by atoms with E-state index in [4.69, 9.17) is 9.15 Å². The van der Waals surface area contributed by atoms with Crippen molar-refractivity contribution in [3.05, 3.63) is 53.5 Å². The third-order valence-corrected chi connectivity index (χ3v) is 3.19. The van der Waals surface area contributed by atoms with Crippen molar-refractivity contribution in [1.82, 2.24) is 0 Å². The van der Waals surface area contributed by atoms with E-state index in [0.717, 1.165) is 35.5 Å². The summed E-state index contributed by atoms with van der Waals surface area (Å²) in [5.41, 5.74) is 1.64. The molecule has 3 nitrogen and oxygen atoms in total. The van der Waals surface area contributed by atoms with Crippen LogP contribution in [0.5, 0.6) is 5.75 Å². The first kappa shape index (κ1) is 11.4. The van der Waals surface area contributed by atoms with E-state index in [1.165, 1.54) is 0 Å². The molecule has 0 saturated heterocycles. The maximum Gasteiger partial charge on any atom is 0.120 e. The summed E-state index contributed by atoms with van der Waals surface area (Å²) < 4.78 is 10.9. The first-order valence-electron chi connectivity index (χ1n) is 6.23. The van der Waals surface area contributed by atoms with Crippen molar-refractivity contribution in [3.8, 4) is 5.75 Å². The van der Waals surface area contributed by atoms with E-state index in [1.54, 1.807) is 12.3 Å². The van der Waals surface area contributed by atoms with Crippen LogP contribution in [0, 0.1) is 6.92 Å². The van der Waals surface area contributed by atoms with Crippen LogP contribution in [0.1, 0.15) is 35.8 Å². The lowest BCUT2D eigenvalue weighted by Crippen LogP contribution is -2.01. The van der Waals surface area contributed by atoms with Gasteiger partial charge in [0.15, 0.2) is 0 Å². The van der Waals surface area contributed by atoms with Crippen molar-refractivity contribution in [1.29, 1.82) is 0 Å². The van der Waals surface area contributed by atoms with E-state index >= 15 is 0 Å². The van der Waals surface area contributed by atoms with E-state index in [0.29, 0.717) is 6.10 Å². The van der Waals surface area contributed by atoms with E-state index in [9.17, 15) is 5.11 Å². The van der Waals surface area contributed by atoms with Crippen LogP contribution in [-0.4, -0.2) is 11.2 Å². The Balaban J connectivity index is 1.84. The second kappa shape index (κ2) is 4.50. The Labute approximate surface area is 106 Å². The Morgan fingerprint density at radius 1 is 1.33 bits per heavy atom. The summed E-state index contributed by atoms with van der Waals surface area (Å²) in [4.78, 5) is 0. The molecule has 3 heteroatoms. The molecular formula is C15H16O3. The van der Waals surface area contributed by atoms with Crippen LogP contribution in [0.3, 0.4) is 0 Å². The minimum Gasteiger partial charge on any atom is -0.490 e. The number of benzene rings is 1. The Morgan fingerprint density at radius 3 is 2.83 bits per heavy atom. The molecule has 1 fully saturated rings. The molecule has 1 aromatic carbocycles. The van der Waals surface area contributed by atoms with Gasteiger partial charge in [0.05, 0.1) is 12.4 Å². The number of hydrogen-bond acceptors (Lipinski definition) is 3. The lowest BCUT2D eigenvalue weighted by molar-refractivity contribution is 0.217. The van der Waals surface area contributed by atoms with E-state index in [2.05, 4.69) is 0 Å². The number of aliphatic hydroxyl groups excluding tert-OH is 1. The molecular weight excluding hydrogens is 228 g/mol. The molecule has 1 heterocycles. The highest BCUT2D eigenvalue weighted by Crippen LogP contribution is 2.31. The van der Waals surface area contributed by atoms with Crippen molar-refractivity contribution < 1.29 is 14.3 Å². The molecule has 1 N–H and O–H groups in total. The highest BCUT2D eigenvalue weighted by Gasteiger charge is 2.24. The molecule has 1 saturated carbocycles. The summed E-state index contributed by atoms with van der Waals surface area (Å²) in [7, 11) is 0. The molecule has 1 aliphatic rings. The first-order chi connectivity index (χ1) is 8.74. The maximum absolute atomic E-state index is 10.3. The van der Waals surface area contributed by atoms with Crippen molar-refractivity contribution in [2.45, 2.75) is 32.0 Å². The summed E-state index contributed by atoms with van der Waals surface area (Å²) in [6.45, 7) is 1.85. The number of aliphatic hydroxyl groups is 1. The van der Waals surface area contributed by atoms with E-state index < -0.39 is 6.10 Å². The molecule has 0 amide bonds. The highest BCUT2D eigenvalue weighted by molar-refractivity contribution is 5.36. The number of ether oxygens (including phenoxy) is 1. The van der Waals surface area contributed by atoms with Crippen molar-refractivity contribution >= 4 is 0 Å². The third kappa shape index (κ3) is 2.27. The second-order valence-electron chi connectivity index (χ2n) is 4.72. The predicted octanol–water partition coefficient (Wildman–Crippen LogP) is 3.21. The molecule has 0 aliphatic heterocycles. The molecule has 1 aromatic heterocycles. The third-order valence-electron chi connectivity index (χ3n) is 3.19. The fourth-order valence-corrected chi connectivity index (χ4v) is 1.99. The maximum atomic E-state index is 10.3. The van der Waals surface area contributed by atoms with Gasteiger partial charge in [-0.3, -0.25) is 0 Å². The van der Waals surface area contributed by atoms with Crippen molar-refractivity contribution in [3.63, 3.8) is 0 Å². The van der Waals surface area contributed by atoms with Crippen LogP contribution < -0.4 is 4.74 Å². The zero-order valence-corrected chi connectivity index (χ0v) is 10.3. The standard InChI is InChI=1S/C15H16O3/c1-10-14(7-8-17-10)15(16)11-3-2-4-13(9-11)18-12-5-6-12/h2-4,7-9,12,15-16H,5-6H2,1H3. The number of aryl methyl sites for hydroxylation is 1. The molecule has 3 rings (SSSR count). The number of furan rings is 1. The molecule has 94 valence electrons. The Hall–Kier alpha value is -1.74. The molecule has 2 aromatic rings. The molecule has 1 atom stereocenters. The van der Waals surface area contributed by atoms with Crippen LogP contribution in [-0.2, 0) is 0 Å². The number of rotatable bonds is 4.